The van der Waals surface area contributed by atoms with Crippen LogP contribution in [0, 0.1) is 5.92 Å². The summed E-state index contributed by atoms with van der Waals surface area (Å²) in [6.45, 7) is 1.12. The summed E-state index contributed by atoms with van der Waals surface area (Å²) in [7, 11) is 0. The first-order chi connectivity index (χ1) is 8.53. The van der Waals surface area contributed by atoms with Gasteiger partial charge in [0.05, 0.1) is 6.04 Å². The third-order valence-electron chi connectivity index (χ3n) is 2.02. The molecule has 0 spiro atoms. The van der Waals surface area contributed by atoms with Gasteiger partial charge in [0.15, 0.2) is 5.82 Å². The second kappa shape index (κ2) is 5.01. The highest BCUT2D eigenvalue weighted by Crippen LogP contribution is 2.39. The van der Waals surface area contributed by atoms with E-state index >= 15 is 0 Å². The van der Waals surface area contributed by atoms with Gasteiger partial charge in [0, 0.05) is 0 Å². The van der Waals surface area contributed by atoms with Gasteiger partial charge in [0.25, 0.3) is 0 Å². The number of nitrogens with zero attached hydrogens (tertiary/aromatic N) is 3. The van der Waals surface area contributed by atoms with E-state index in [9.17, 15) is 31.1 Å². The number of carbonyl (C=O) groups excluding carboxylic acids is 1. The van der Waals surface area contributed by atoms with Gasteiger partial charge in [-0.2, -0.15) is 31.6 Å². The van der Waals surface area contributed by atoms with Gasteiger partial charge >= 0.3 is 12.4 Å². The molecule has 1 heterocycles. The number of hydrogen-bond donors (Lipinski definition) is 2. The smallest absolute Gasteiger partial charge is 0.345 e. The monoisotopic (exact) mass is 291 g/mol. The number of rotatable bonds is 3. The van der Waals surface area contributed by atoms with Crippen LogP contribution in [0.5, 0.6) is 0 Å². The van der Waals surface area contributed by atoms with Gasteiger partial charge in [0.2, 0.25) is 11.8 Å². The number of hydrogen-bond acceptors (Lipinski definition) is 4. The highest BCUT2D eigenvalue weighted by molar-refractivity contribution is 5.80. The van der Waals surface area contributed by atoms with Crippen molar-refractivity contribution in [2.75, 3.05) is 0 Å². The fraction of sp³-hybridized carbons (Fsp3) is 0.714. The van der Waals surface area contributed by atoms with Gasteiger partial charge in [-0.1, -0.05) is 5.21 Å². The first-order valence-electron chi connectivity index (χ1n) is 4.70. The average molecular weight is 291 g/mol. The van der Waals surface area contributed by atoms with Crippen LogP contribution < -0.4 is 5.32 Å². The van der Waals surface area contributed by atoms with Crippen molar-refractivity contribution < 1.29 is 31.1 Å². The van der Waals surface area contributed by atoms with E-state index in [1.165, 1.54) is 5.32 Å². The molecule has 0 saturated heterocycles. The molecule has 0 aliphatic heterocycles. The predicted molar refractivity (Wildman–Crippen MR) is 46.3 cm³/mol. The zero-order valence-electron chi connectivity index (χ0n) is 9.17. The topological polar surface area (TPSA) is 83.6 Å². The molecular formula is C7H7F6N5O. The van der Waals surface area contributed by atoms with Gasteiger partial charge < -0.3 is 5.32 Å². The number of halogens is 6. The number of aromatic nitrogens is 4. The van der Waals surface area contributed by atoms with Crippen LogP contribution in [0.2, 0.25) is 0 Å². The number of tetrazole rings is 1. The quantitative estimate of drug-likeness (QED) is 0.817. The van der Waals surface area contributed by atoms with Gasteiger partial charge in [-0.25, -0.2) is 0 Å². The Morgan fingerprint density at radius 2 is 1.74 bits per heavy atom. The summed E-state index contributed by atoms with van der Waals surface area (Å²) in [6.07, 6.45) is -11.5. The molecule has 1 unspecified atom stereocenters. The Morgan fingerprint density at radius 1 is 1.21 bits per heavy atom. The number of carbonyl (C=O) groups is 1. The van der Waals surface area contributed by atoms with Gasteiger partial charge in [-0.15, -0.1) is 10.2 Å². The molecule has 1 aromatic rings. The molecule has 12 heteroatoms. The number of H-pyrrole nitrogens is 1. The van der Waals surface area contributed by atoms with Crippen molar-refractivity contribution in [1.29, 1.82) is 0 Å². The summed E-state index contributed by atoms with van der Waals surface area (Å²) in [5.74, 6) is -6.57. The second-order valence-corrected chi connectivity index (χ2v) is 3.52. The summed E-state index contributed by atoms with van der Waals surface area (Å²) >= 11 is 0. The Bertz CT molecular complexity index is 412. The fourth-order valence-corrected chi connectivity index (χ4v) is 1.20. The number of nitrogens with one attached hydrogen (secondary N) is 2. The molecule has 19 heavy (non-hydrogen) atoms. The number of amides is 1. The molecule has 1 rings (SSSR count). The maximum atomic E-state index is 12.2. The Hall–Kier alpha value is -1.88. The van der Waals surface area contributed by atoms with E-state index in [1.807, 2.05) is 5.21 Å². The molecule has 6 nitrogen and oxygen atoms in total. The Balaban J connectivity index is 2.85. The summed E-state index contributed by atoms with van der Waals surface area (Å²) in [5, 5.41) is 13.2. The standard InChI is InChI=1S/C7H7F6N5O/c1-2(4-15-17-18-16-4)14-5(19)3(6(8,9)10)7(11,12)13/h2-3H,1H3,(H,14,19)(H,15,16,17,18). The van der Waals surface area contributed by atoms with E-state index in [0.29, 0.717) is 0 Å². The first kappa shape index (κ1) is 15.2. The zero-order valence-corrected chi connectivity index (χ0v) is 9.17. The maximum Gasteiger partial charge on any atom is 0.409 e. The Kier molecular flexibility index (Phi) is 4.00. The molecular weight excluding hydrogens is 284 g/mol. The summed E-state index contributed by atoms with van der Waals surface area (Å²) in [5.41, 5.74) is 0. The van der Waals surface area contributed by atoms with Crippen molar-refractivity contribution in [3.63, 3.8) is 0 Å². The minimum Gasteiger partial charge on any atom is -0.345 e. The molecule has 0 aliphatic rings. The lowest BCUT2D eigenvalue weighted by Crippen LogP contribution is -2.48. The van der Waals surface area contributed by atoms with Gasteiger partial charge in [0.1, 0.15) is 0 Å². The zero-order chi connectivity index (χ0) is 14.8. The van der Waals surface area contributed by atoms with Crippen molar-refractivity contribution in [3.05, 3.63) is 5.82 Å². The first-order valence-corrected chi connectivity index (χ1v) is 4.70. The minimum absolute atomic E-state index is 0.239. The highest BCUT2D eigenvalue weighted by atomic mass is 19.4. The Labute approximate surface area is 101 Å². The molecule has 1 atom stereocenters. The van der Waals surface area contributed by atoms with E-state index in [1.54, 1.807) is 0 Å². The number of alkyl halides is 6. The molecule has 0 aliphatic carbocycles. The molecule has 2 N–H and O–H groups in total. The highest BCUT2D eigenvalue weighted by Gasteiger charge is 2.61. The van der Waals surface area contributed by atoms with E-state index < -0.39 is 30.2 Å². The molecule has 0 aromatic carbocycles. The van der Waals surface area contributed by atoms with E-state index in [2.05, 4.69) is 15.4 Å². The van der Waals surface area contributed by atoms with Crippen molar-refractivity contribution in [2.24, 2.45) is 5.92 Å². The number of aromatic amines is 1. The second-order valence-electron chi connectivity index (χ2n) is 3.52. The lowest BCUT2D eigenvalue weighted by molar-refractivity contribution is -0.274. The van der Waals surface area contributed by atoms with E-state index in [-0.39, 0.29) is 5.82 Å². The van der Waals surface area contributed by atoms with Crippen LogP contribution in [-0.2, 0) is 4.79 Å². The molecule has 0 fully saturated rings. The lowest BCUT2D eigenvalue weighted by Gasteiger charge is -2.23. The van der Waals surface area contributed by atoms with Crippen LogP contribution >= 0.6 is 0 Å². The summed E-state index contributed by atoms with van der Waals surface area (Å²) in [4.78, 5) is 11.1. The van der Waals surface area contributed by atoms with Crippen molar-refractivity contribution in [2.45, 2.75) is 25.3 Å². The van der Waals surface area contributed by atoms with Crippen LogP contribution in [0.4, 0.5) is 26.3 Å². The fourth-order valence-electron chi connectivity index (χ4n) is 1.20. The molecule has 0 bridgehead atoms. The van der Waals surface area contributed by atoms with Crippen LogP contribution in [0.3, 0.4) is 0 Å². The average Bonchev–Trinajstić information content (AvgIpc) is 2.63. The van der Waals surface area contributed by atoms with E-state index in [0.717, 1.165) is 6.92 Å². The van der Waals surface area contributed by atoms with Crippen LogP contribution in [-0.4, -0.2) is 38.9 Å². The molecule has 1 amide bonds. The maximum absolute atomic E-state index is 12.2. The SMILES string of the molecule is CC(NC(=O)C(C(F)(F)F)C(F)(F)F)c1nn[nH]n1. The van der Waals surface area contributed by atoms with Crippen LogP contribution in [0.15, 0.2) is 0 Å². The van der Waals surface area contributed by atoms with Gasteiger partial charge in [-0.05, 0) is 6.92 Å². The molecule has 0 radical (unpaired) electrons. The summed E-state index contributed by atoms with van der Waals surface area (Å²) in [6, 6.07) is -1.25. The largest absolute Gasteiger partial charge is 0.409 e. The van der Waals surface area contributed by atoms with Crippen molar-refractivity contribution in [1.82, 2.24) is 25.9 Å². The molecule has 108 valence electrons. The van der Waals surface area contributed by atoms with Crippen LogP contribution in [0.1, 0.15) is 18.8 Å². The lowest BCUT2D eigenvalue weighted by atomic mass is 10.1. The normalized spacial score (nSPS) is 14.5. The third-order valence-corrected chi connectivity index (χ3v) is 2.02. The predicted octanol–water partition coefficient (Wildman–Crippen LogP) is 1.12. The summed E-state index contributed by atoms with van der Waals surface area (Å²) < 4.78 is 73.4. The minimum atomic E-state index is -5.74. The van der Waals surface area contributed by atoms with E-state index in [4.69, 9.17) is 0 Å². The van der Waals surface area contributed by atoms with Crippen molar-refractivity contribution in [3.8, 4) is 0 Å². The van der Waals surface area contributed by atoms with Gasteiger partial charge in [-0.3, -0.25) is 4.79 Å². The third kappa shape index (κ3) is 3.79. The Morgan fingerprint density at radius 3 is 2.11 bits per heavy atom. The molecule has 0 saturated carbocycles. The molecule has 1 aromatic heterocycles. The van der Waals surface area contributed by atoms with Crippen molar-refractivity contribution >= 4 is 5.91 Å². The van der Waals surface area contributed by atoms with Crippen LogP contribution in [0.25, 0.3) is 0 Å².